The van der Waals surface area contributed by atoms with Crippen molar-refractivity contribution >= 4 is 33.1 Å². The number of benzene rings is 2. The number of aryl methyl sites for hydroxylation is 3. The fourth-order valence-electron chi connectivity index (χ4n) is 3.37. The van der Waals surface area contributed by atoms with E-state index in [4.69, 9.17) is 0 Å². The second-order valence-corrected chi connectivity index (χ2v) is 8.34. The van der Waals surface area contributed by atoms with Gasteiger partial charge in [0, 0.05) is 36.6 Å². The number of fused-ring (bicyclic) bond motifs is 1. The predicted molar refractivity (Wildman–Crippen MR) is 123 cm³/mol. The zero-order valence-electron chi connectivity index (χ0n) is 17.3. The number of thiophene rings is 1. The van der Waals surface area contributed by atoms with Crippen molar-refractivity contribution in [1.82, 2.24) is 9.55 Å². The molecule has 0 N–H and O–H groups in total. The van der Waals surface area contributed by atoms with E-state index in [0.29, 0.717) is 11.9 Å². The van der Waals surface area contributed by atoms with E-state index in [9.17, 15) is 9.59 Å². The van der Waals surface area contributed by atoms with Gasteiger partial charge in [-0.05, 0) is 31.5 Å². The molecule has 4 rings (SSSR count). The van der Waals surface area contributed by atoms with E-state index in [1.807, 2.05) is 67.8 Å². The monoisotopic (exact) mass is 417 g/mol. The highest BCUT2D eigenvalue weighted by molar-refractivity contribution is 7.17. The van der Waals surface area contributed by atoms with Crippen LogP contribution in [0.1, 0.15) is 17.5 Å². The highest BCUT2D eigenvalue weighted by Crippen LogP contribution is 2.30. The summed E-state index contributed by atoms with van der Waals surface area (Å²) in [5.74, 6) is -0.0464. The minimum absolute atomic E-state index is 0.0464. The molecule has 0 spiro atoms. The van der Waals surface area contributed by atoms with Crippen molar-refractivity contribution in [3.63, 3.8) is 0 Å². The van der Waals surface area contributed by atoms with Gasteiger partial charge in [0.15, 0.2) is 0 Å². The summed E-state index contributed by atoms with van der Waals surface area (Å²) in [6.45, 7) is 4.34. The molecule has 0 aliphatic carbocycles. The van der Waals surface area contributed by atoms with Gasteiger partial charge in [-0.3, -0.25) is 14.2 Å². The summed E-state index contributed by atoms with van der Waals surface area (Å²) in [4.78, 5) is 32.6. The van der Waals surface area contributed by atoms with Crippen molar-refractivity contribution in [2.75, 3.05) is 11.9 Å². The first-order valence-corrected chi connectivity index (χ1v) is 10.7. The summed E-state index contributed by atoms with van der Waals surface area (Å²) >= 11 is 1.46. The summed E-state index contributed by atoms with van der Waals surface area (Å²) in [5, 5.41) is 2.59. The molecule has 5 nitrogen and oxygen atoms in total. The van der Waals surface area contributed by atoms with Crippen LogP contribution >= 0.6 is 11.3 Å². The highest BCUT2D eigenvalue weighted by Gasteiger charge is 2.15. The van der Waals surface area contributed by atoms with E-state index in [-0.39, 0.29) is 17.9 Å². The molecule has 1 amide bonds. The summed E-state index contributed by atoms with van der Waals surface area (Å²) in [6.07, 6.45) is 1.76. The molecule has 0 aliphatic rings. The van der Waals surface area contributed by atoms with Crippen LogP contribution in [0.15, 0.2) is 65.0 Å². The Morgan fingerprint density at radius 3 is 2.33 bits per heavy atom. The van der Waals surface area contributed by atoms with Crippen LogP contribution in [0, 0.1) is 13.8 Å². The smallest absolute Gasteiger partial charge is 0.262 e. The number of hydrogen-bond acceptors (Lipinski definition) is 4. The van der Waals surface area contributed by atoms with Gasteiger partial charge in [0.2, 0.25) is 5.91 Å². The Morgan fingerprint density at radius 1 is 1.03 bits per heavy atom. The number of hydrogen-bond donors (Lipinski definition) is 0. The van der Waals surface area contributed by atoms with Crippen molar-refractivity contribution < 1.29 is 4.79 Å². The third-order valence-electron chi connectivity index (χ3n) is 5.29. The van der Waals surface area contributed by atoms with E-state index in [1.54, 1.807) is 18.3 Å². The van der Waals surface area contributed by atoms with Gasteiger partial charge in [0.1, 0.15) is 4.83 Å². The molecule has 2 aromatic heterocycles. The molecule has 0 bridgehead atoms. The van der Waals surface area contributed by atoms with Gasteiger partial charge in [0.25, 0.3) is 5.56 Å². The topological polar surface area (TPSA) is 55.2 Å². The van der Waals surface area contributed by atoms with E-state index in [2.05, 4.69) is 4.98 Å². The Labute approximate surface area is 179 Å². The Balaban J connectivity index is 1.57. The maximum Gasteiger partial charge on any atom is 0.262 e. The molecular formula is C24H23N3O2S. The summed E-state index contributed by atoms with van der Waals surface area (Å²) in [5.41, 5.74) is 4.94. The Morgan fingerprint density at radius 2 is 1.67 bits per heavy atom. The summed E-state index contributed by atoms with van der Waals surface area (Å²) < 4.78 is 1.54. The van der Waals surface area contributed by atoms with Crippen molar-refractivity contribution in [2.24, 2.45) is 0 Å². The lowest BCUT2D eigenvalue weighted by atomic mass is 10.1. The average molecular weight is 418 g/mol. The first-order valence-electron chi connectivity index (χ1n) is 9.81. The van der Waals surface area contributed by atoms with Crippen LogP contribution in [0.2, 0.25) is 0 Å². The minimum atomic E-state index is -0.109. The van der Waals surface area contributed by atoms with Crippen LogP contribution in [0.25, 0.3) is 21.3 Å². The average Bonchev–Trinajstić information content (AvgIpc) is 3.18. The molecule has 0 saturated carbocycles. The lowest BCUT2D eigenvalue weighted by Gasteiger charge is -2.17. The minimum Gasteiger partial charge on any atom is -0.315 e. The van der Waals surface area contributed by atoms with Crippen LogP contribution in [0.3, 0.4) is 0 Å². The van der Waals surface area contributed by atoms with Crippen molar-refractivity contribution in [3.8, 4) is 11.1 Å². The van der Waals surface area contributed by atoms with Crippen LogP contribution in [-0.4, -0.2) is 22.5 Å². The number of anilines is 1. The normalized spacial score (nSPS) is 11.0. The zero-order chi connectivity index (χ0) is 21.3. The molecular weight excluding hydrogens is 394 g/mol. The second kappa shape index (κ2) is 8.24. The molecule has 2 aromatic carbocycles. The maximum absolute atomic E-state index is 13.1. The van der Waals surface area contributed by atoms with Crippen LogP contribution in [0.5, 0.6) is 0 Å². The first kappa shape index (κ1) is 20.0. The van der Waals surface area contributed by atoms with Crippen LogP contribution in [0.4, 0.5) is 5.69 Å². The van der Waals surface area contributed by atoms with Crippen molar-refractivity contribution in [1.29, 1.82) is 0 Å². The van der Waals surface area contributed by atoms with Gasteiger partial charge >= 0.3 is 0 Å². The predicted octanol–water partition coefficient (Wildman–Crippen LogP) is 4.79. The summed E-state index contributed by atoms with van der Waals surface area (Å²) in [6, 6.07) is 15.9. The summed E-state index contributed by atoms with van der Waals surface area (Å²) in [7, 11) is 1.76. The maximum atomic E-state index is 13.1. The third kappa shape index (κ3) is 3.91. The second-order valence-electron chi connectivity index (χ2n) is 7.48. The molecule has 0 radical (unpaired) electrons. The van der Waals surface area contributed by atoms with Gasteiger partial charge < -0.3 is 4.90 Å². The van der Waals surface area contributed by atoms with Crippen LogP contribution in [-0.2, 0) is 11.3 Å². The number of carbonyl (C=O) groups excluding carboxylic acids is 1. The van der Waals surface area contributed by atoms with Gasteiger partial charge in [0.05, 0.1) is 11.7 Å². The van der Waals surface area contributed by atoms with Gasteiger partial charge in [-0.1, -0.05) is 47.5 Å². The lowest BCUT2D eigenvalue weighted by Crippen LogP contribution is -2.29. The van der Waals surface area contributed by atoms with Gasteiger partial charge in [-0.2, -0.15) is 0 Å². The number of carbonyl (C=O) groups is 1. The Hall–Kier alpha value is -3.25. The SMILES string of the molecule is Cc1ccc(-c2csc3ncn(CCC(=O)N(C)c4ccc(C)cc4)c(=O)c23)cc1. The fraction of sp³-hybridized carbons (Fsp3) is 0.208. The molecule has 0 fully saturated rings. The third-order valence-corrected chi connectivity index (χ3v) is 6.17. The Kier molecular flexibility index (Phi) is 5.50. The van der Waals surface area contributed by atoms with Crippen molar-refractivity contribution in [3.05, 3.63) is 81.7 Å². The number of aromatic nitrogens is 2. The number of nitrogens with zero attached hydrogens (tertiary/aromatic N) is 3. The van der Waals surface area contributed by atoms with Gasteiger partial charge in [-0.25, -0.2) is 4.98 Å². The standard InChI is InChI=1S/C24H23N3O2S/c1-16-4-8-18(9-5-16)20-14-30-23-22(20)24(29)27(15-25-23)13-12-21(28)26(3)19-10-6-17(2)7-11-19/h4-11,14-15H,12-13H2,1-3H3. The lowest BCUT2D eigenvalue weighted by molar-refractivity contribution is -0.118. The molecule has 2 heterocycles. The van der Waals surface area contributed by atoms with E-state index in [0.717, 1.165) is 27.2 Å². The largest absolute Gasteiger partial charge is 0.315 e. The molecule has 0 unspecified atom stereocenters. The molecule has 0 saturated heterocycles. The quantitative estimate of drug-likeness (QED) is 0.469. The highest BCUT2D eigenvalue weighted by atomic mass is 32.1. The zero-order valence-corrected chi connectivity index (χ0v) is 18.1. The van der Waals surface area contributed by atoms with E-state index in [1.165, 1.54) is 21.5 Å². The number of rotatable bonds is 5. The fourth-order valence-corrected chi connectivity index (χ4v) is 4.28. The molecule has 30 heavy (non-hydrogen) atoms. The van der Waals surface area contributed by atoms with Crippen molar-refractivity contribution in [2.45, 2.75) is 26.8 Å². The van der Waals surface area contributed by atoms with E-state index < -0.39 is 0 Å². The van der Waals surface area contributed by atoms with E-state index >= 15 is 0 Å². The number of amides is 1. The molecule has 6 heteroatoms. The van der Waals surface area contributed by atoms with Crippen LogP contribution < -0.4 is 10.5 Å². The molecule has 4 aromatic rings. The Bertz CT molecular complexity index is 1250. The molecule has 0 aliphatic heterocycles. The molecule has 152 valence electrons. The molecule has 0 atom stereocenters. The van der Waals surface area contributed by atoms with Gasteiger partial charge in [-0.15, -0.1) is 11.3 Å². The first-order chi connectivity index (χ1) is 14.4.